The maximum Gasteiger partial charge on any atom is 0.308 e. The van der Waals surface area contributed by atoms with Gasteiger partial charge in [0.15, 0.2) is 0 Å². The van der Waals surface area contributed by atoms with Gasteiger partial charge in [0.2, 0.25) is 0 Å². The van der Waals surface area contributed by atoms with Crippen molar-refractivity contribution in [1.82, 2.24) is 0 Å². The number of aryl methyl sites for hydroxylation is 2. The SMILES string of the molecule is CCOC(=O)CC(O)C(O)c1c(C)cc(C)cc1[N+](=O)[O-]. The minimum atomic E-state index is -1.53. The normalized spacial score (nSPS) is 13.6. The molecule has 0 aliphatic rings. The molecule has 21 heavy (non-hydrogen) atoms. The predicted molar refractivity (Wildman–Crippen MR) is 74.8 cm³/mol. The van der Waals surface area contributed by atoms with Gasteiger partial charge in [0.25, 0.3) is 5.69 Å². The lowest BCUT2D eigenvalue weighted by Crippen LogP contribution is -2.24. The largest absolute Gasteiger partial charge is 0.466 e. The molecule has 1 aromatic carbocycles. The number of esters is 1. The molecule has 0 bridgehead atoms. The fraction of sp³-hybridized carbons (Fsp3) is 0.500. The molecule has 0 aliphatic heterocycles. The average molecular weight is 297 g/mol. The molecular weight excluding hydrogens is 278 g/mol. The lowest BCUT2D eigenvalue weighted by Gasteiger charge is -2.19. The van der Waals surface area contributed by atoms with Crippen molar-refractivity contribution in [2.24, 2.45) is 0 Å². The van der Waals surface area contributed by atoms with Crippen LogP contribution >= 0.6 is 0 Å². The first-order valence-electron chi connectivity index (χ1n) is 6.55. The molecule has 2 atom stereocenters. The summed E-state index contributed by atoms with van der Waals surface area (Å²) in [5.41, 5.74) is 0.900. The second-order valence-corrected chi connectivity index (χ2v) is 4.79. The lowest BCUT2D eigenvalue weighted by atomic mass is 9.94. The van der Waals surface area contributed by atoms with Crippen LogP contribution in [0, 0.1) is 24.0 Å². The summed E-state index contributed by atoms with van der Waals surface area (Å²) in [6.45, 7) is 5.09. The number of benzene rings is 1. The molecule has 2 unspecified atom stereocenters. The highest BCUT2D eigenvalue weighted by Gasteiger charge is 2.30. The summed E-state index contributed by atoms with van der Waals surface area (Å²) in [7, 11) is 0. The molecule has 0 aliphatic carbocycles. The highest BCUT2D eigenvalue weighted by molar-refractivity contribution is 5.70. The average Bonchev–Trinajstić information content (AvgIpc) is 2.37. The zero-order chi connectivity index (χ0) is 16.2. The summed E-state index contributed by atoms with van der Waals surface area (Å²) in [6, 6.07) is 2.99. The maximum absolute atomic E-state index is 11.3. The molecule has 2 N–H and O–H groups in total. The van der Waals surface area contributed by atoms with Gasteiger partial charge in [-0.15, -0.1) is 0 Å². The van der Waals surface area contributed by atoms with Gasteiger partial charge in [0, 0.05) is 6.07 Å². The van der Waals surface area contributed by atoms with Crippen molar-refractivity contribution < 1.29 is 24.7 Å². The number of nitrogens with zero attached hydrogens (tertiary/aromatic N) is 1. The van der Waals surface area contributed by atoms with E-state index in [4.69, 9.17) is 0 Å². The van der Waals surface area contributed by atoms with Gasteiger partial charge in [-0.05, 0) is 31.9 Å². The Hall–Kier alpha value is -1.99. The van der Waals surface area contributed by atoms with Gasteiger partial charge >= 0.3 is 5.97 Å². The van der Waals surface area contributed by atoms with Gasteiger partial charge in [0.05, 0.1) is 29.6 Å². The van der Waals surface area contributed by atoms with Crippen LogP contribution in [0.5, 0.6) is 0 Å². The molecule has 1 rings (SSSR count). The summed E-state index contributed by atoms with van der Waals surface area (Å²) in [5.74, 6) is -0.670. The Morgan fingerprint density at radius 2 is 2.00 bits per heavy atom. The van der Waals surface area contributed by atoms with Gasteiger partial charge in [-0.1, -0.05) is 6.07 Å². The molecule has 7 heteroatoms. The molecule has 0 saturated heterocycles. The first-order valence-corrected chi connectivity index (χ1v) is 6.55. The minimum absolute atomic E-state index is 0.0161. The van der Waals surface area contributed by atoms with Gasteiger partial charge in [0.1, 0.15) is 6.10 Å². The van der Waals surface area contributed by atoms with Gasteiger partial charge < -0.3 is 14.9 Å². The Morgan fingerprint density at radius 3 is 2.52 bits per heavy atom. The number of carbonyl (C=O) groups is 1. The smallest absolute Gasteiger partial charge is 0.308 e. The van der Waals surface area contributed by atoms with E-state index < -0.39 is 29.5 Å². The van der Waals surface area contributed by atoms with Crippen LogP contribution in [0.4, 0.5) is 5.69 Å². The van der Waals surface area contributed by atoms with Crippen LogP contribution in [0.3, 0.4) is 0 Å². The summed E-state index contributed by atoms with van der Waals surface area (Å²) in [6.07, 6.45) is -3.43. The van der Waals surface area contributed by atoms with E-state index in [1.165, 1.54) is 6.07 Å². The fourth-order valence-corrected chi connectivity index (χ4v) is 2.19. The molecule has 0 spiro atoms. The monoisotopic (exact) mass is 297 g/mol. The third-order valence-electron chi connectivity index (χ3n) is 3.05. The number of carbonyl (C=O) groups excluding carboxylic acids is 1. The Kier molecular flexibility index (Phi) is 5.80. The van der Waals surface area contributed by atoms with Gasteiger partial charge in [-0.2, -0.15) is 0 Å². The Balaban J connectivity index is 3.09. The fourth-order valence-electron chi connectivity index (χ4n) is 2.19. The third-order valence-corrected chi connectivity index (χ3v) is 3.05. The lowest BCUT2D eigenvalue weighted by molar-refractivity contribution is -0.386. The summed E-state index contributed by atoms with van der Waals surface area (Å²) >= 11 is 0. The molecule has 0 amide bonds. The summed E-state index contributed by atoms with van der Waals surface area (Å²) in [5, 5.41) is 31.1. The number of rotatable bonds is 6. The van der Waals surface area contributed by atoms with Crippen molar-refractivity contribution in [2.45, 2.75) is 39.4 Å². The van der Waals surface area contributed by atoms with Crippen LogP contribution < -0.4 is 0 Å². The minimum Gasteiger partial charge on any atom is -0.466 e. The van der Waals surface area contributed by atoms with Crippen molar-refractivity contribution in [3.8, 4) is 0 Å². The molecule has 7 nitrogen and oxygen atoms in total. The number of hydrogen-bond acceptors (Lipinski definition) is 6. The highest BCUT2D eigenvalue weighted by Crippen LogP contribution is 2.32. The van der Waals surface area contributed by atoms with E-state index in [1.54, 1.807) is 26.8 Å². The zero-order valence-corrected chi connectivity index (χ0v) is 12.2. The number of aliphatic hydroxyl groups is 2. The van der Waals surface area contributed by atoms with Crippen molar-refractivity contribution >= 4 is 11.7 Å². The van der Waals surface area contributed by atoms with E-state index >= 15 is 0 Å². The van der Waals surface area contributed by atoms with Crippen LogP contribution in [-0.4, -0.2) is 33.8 Å². The van der Waals surface area contributed by atoms with E-state index in [0.717, 1.165) is 0 Å². The van der Waals surface area contributed by atoms with Crippen molar-refractivity contribution in [1.29, 1.82) is 0 Å². The first-order chi connectivity index (χ1) is 9.77. The Bertz CT molecular complexity index is 543. The second-order valence-electron chi connectivity index (χ2n) is 4.79. The predicted octanol–water partition coefficient (Wildman–Crippen LogP) is 1.56. The van der Waals surface area contributed by atoms with Crippen molar-refractivity contribution in [3.05, 3.63) is 38.9 Å². The maximum atomic E-state index is 11.3. The van der Waals surface area contributed by atoms with E-state index in [1.807, 2.05) is 0 Å². The molecular formula is C14H19NO6. The third kappa shape index (κ3) is 4.24. The second kappa shape index (κ2) is 7.14. The van der Waals surface area contributed by atoms with E-state index in [-0.39, 0.29) is 17.9 Å². The molecule has 0 aromatic heterocycles. The van der Waals surface area contributed by atoms with Gasteiger partial charge in [-0.3, -0.25) is 14.9 Å². The number of nitro benzene ring substituents is 1. The van der Waals surface area contributed by atoms with Gasteiger partial charge in [-0.25, -0.2) is 0 Å². The molecule has 0 fully saturated rings. The number of ether oxygens (including phenoxy) is 1. The van der Waals surface area contributed by atoms with E-state index in [0.29, 0.717) is 11.1 Å². The quantitative estimate of drug-likeness (QED) is 0.468. The number of aliphatic hydroxyl groups excluding tert-OH is 2. The summed E-state index contributed by atoms with van der Waals surface area (Å²) in [4.78, 5) is 21.8. The first kappa shape index (κ1) is 17.1. The van der Waals surface area contributed by atoms with E-state index in [2.05, 4.69) is 4.74 Å². The number of nitro groups is 1. The Labute approximate surface area is 122 Å². The topological polar surface area (TPSA) is 110 Å². The number of hydrogen-bond donors (Lipinski definition) is 2. The van der Waals surface area contributed by atoms with Crippen LogP contribution in [-0.2, 0) is 9.53 Å². The zero-order valence-electron chi connectivity index (χ0n) is 12.2. The van der Waals surface area contributed by atoms with Crippen LogP contribution in [0.15, 0.2) is 12.1 Å². The molecule has 0 heterocycles. The molecule has 0 saturated carbocycles. The molecule has 116 valence electrons. The van der Waals surface area contributed by atoms with Crippen molar-refractivity contribution in [3.63, 3.8) is 0 Å². The Morgan fingerprint density at radius 1 is 1.38 bits per heavy atom. The van der Waals surface area contributed by atoms with Crippen molar-refractivity contribution in [2.75, 3.05) is 6.61 Å². The van der Waals surface area contributed by atoms with Crippen LogP contribution in [0.2, 0.25) is 0 Å². The van der Waals surface area contributed by atoms with Crippen LogP contribution in [0.25, 0.3) is 0 Å². The van der Waals surface area contributed by atoms with Crippen LogP contribution in [0.1, 0.15) is 36.1 Å². The molecule has 1 aromatic rings. The summed E-state index contributed by atoms with van der Waals surface area (Å²) < 4.78 is 4.68. The standard InChI is InChI=1S/C14H19NO6/c1-4-21-12(17)7-11(16)14(18)13-9(3)5-8(2)6-10(13)15(19)20/h5-6,11,14,16,18H,4,7H2,1-3H3. The highest BCUT2D eigenvalue weighted by atomic mass is 16.6. The molecule has 0 radical (unpaired) electrons. The van der Waals surface area contributed by atoms with E-state index in [9.17, 15) is 25.1 Å².